The van der Waals surface area contributed by atoms with E-state index in [2.05, 4.69) is 13.8 Å². The number of rotatable bonds is 5. The third-order valence-electron chi connectivity index (χ3n) is 2.46. The van der Waals surface area contributed by atoms with E-state index in [0.29, 0.717) is 11.7 Å². The first-order valence-electron chi connectivity index (χ1n) is 4.76. The van der Waals surface area contributed by atoms with Crippen LogP contribution in [0.4, 0.5) is 0 Å². The van der Waals surface area contributed by atoms with Crippen LogP contribution in [0.15, 0.2) is 0 Å². The van der Waals surface area contributed by atoms with Crippen LogP contribution in [0.25, 0.3) is 0 Å². The Balaban J connectivity index is 2.15. The molecule has 0 amide bonds. The van der Waals surface area contributed by atoms with E-state index in [1.165, 1.54) is 12.8 Å². The van der Waals surface area contributed by atoms with Crippen LogP contribution in [0.5, 0.6) is 0 Å². The molecule has 0 aromatic rings. The van der Waals surface area contributed by atoms with E-state index in [-0.39, 0.29) is 0 Å². The Labute approximate surface area is 69.2 Å². The van der Waals surface area contributed by atoms with Crippen LogP contribution in [-0.4, -0.2) is 5.78 Å². The molecule has 1 heteroatoms. The average Bonchev–Trinajstić information content (AvgIpc) is 2.72. The van der Waals surface area contributed by atoms with Crippen molar-refractivity contribution in [3.8, 4) is 0 Å². The number of hydrogen-bond acceptors (Lipinski definition) is 1. The van der Waals surface area contributed by atoms with Gasteiger partial charge in [-0.25, -0.2) is 0 Å². The minimum absolute atomic E-state index is 0.320. The molecule has 0 radical (unpaired) electrons. The summed E-state index contributed by atoms with van der Waals surface area (Å²) in [6.45, 7) is 4.20. The molecule has 11 heavy (non-hydrogen) atoms. The zero-order chi connectivity index (χ0) is 8.27. The Morgan fingerprint density at radius 2 is 2.18 bits per heavy atom. The van der Waals surface area contributed by atoms with Gasteiger partial charge in [-0.05, 0) is 25.2 Å². The highest BCUT2D eigenvalue weighted by atomic mass is 16.1. The maximum atomic E-state index is 11.4. The number of hydrogen-bond donors (Lipinski definition) is 0. The molecule has 64 valence electrons. The van der Waals surface area contributed by atoms with Crippen LogP contribution in [0.1, 0.15) is 46.0 Å². The largest absolute Gasteiger partial charge is 0.299 e. The summed E-state index contributed by atoms with van der Waals surface area (Å²) in [5.74, 6) is 1.58. The van der Waals surface area contributed by atoms with E-state index >= 15 is 0 Å². The van der Waals surface area contributed by atoms with Gasteiger partial charge in [0.2, 0.25) is 0 Å². The molecule has 0 heterocycles. The summed E-state index contributed by atoms with van der Waals surface area (Å²) in [5, 5.41) is 0. The van der Waals surface area contributed by atoms with Crippen LogP contribution in [0.3, 0.4) is 0 Å². The predicted octanol–water partition coefficient (Wildman–Crippen LogP) is 2.79. The SMILES string of the molecule is CCCC(C)C(=O)CC1CC1. The monoisotopic (exact) mass is 154 g/mol. The molecule has 0 spiro atoms. The van der Waals surface area contributed by atoms with E-state index in [0.717, 1.165) is 25.2 Å². The third-order valence-corrected chi connectivity index (χ3v) is 2.46. The highest BCUT2D eigenvalue weighted by Crippen LogP contribution is 2.33. The van der Waals surface area contributed by atoms with Crippen LogP contribution in [0.2, 0.25) is 0 Å². The molecule has 0 bridgehead atoms. The second-order valence-corrected chi connectivity index (χ2v) is 3.80. The summed E-state index contributed by atoms with van der Waals surface area (Å²) in [7, 11) is 0. The summed E-state index contributed by atoms with van der Waals surface area (Å²) in [5.41, 5.74) is 0. The lowest BCUT2D eigenvalue weighted by molar-refractivity contribution is -0.122. The second-order valence-electron chi connectivity index (χ2n) is 3.80. The van der Waals surface area contributed by atoms with Gasteiger partial charge in [0.1, 0.15) is 5.78 Å². The first-order chi connectivity index (χ1) is 5.24. The third kappa shape index (κ3) is 3.04. The predicted molar refractivity (Wildman–Crippen MR) is 46.4 cm³/mol. The topological polar surface area (TPSA) is 17.1 Å². The van der Waals surface area contributed by atoms with Crippen LogP contribution in [0, 0.1) is 11.8 Å². The zero-order valence-corrected chi connectivity index (χ0v) is 7.60. The molecule has 1 aliphatic carbocycles. The molecular weight excluding hydrogens is 136 g/mol. The lowest BCUT2D eigenvalue weighted by Crippen LogP contribution is -2.10. The summed E-state index contributed by atoms with van der Waals surface area (Å²) in [6.07, 6.45) is 5.67. The van der Waals surface area contributed by atoms with E-state index < -0.39 is 0 Å². The van der Waals surface area contributed by atoms with Gasteiger partial charge in [0.15, 0.2) is 0 Å². The molecule has 1 saturated carbocycles. The number of carbonyl (C=O) groups is 1. The normalized spacial score (nSPS) is 19.8. The summed E-state index contributed by atoms with van der Waals surface area (Å²) in [6, 6.07) is 0. The molecule has 0 aromatic carbocycles. The van der Waals surface area contributed by atoms with Gasteiger partial charge in [0.05, 0.1) is 0 Å². The van der Waals surface area contributed by atoms with Gasteiger partial charge in [-0.2, -0.15) is 0 Å². The van der Waals surface area contributed by atoms with E-state index in [1.807, 2.05) is 0 Å². The molecule has 1 aliphatic rings. The maximum absolute atomic E-state index is 11.4. The number of Topliss-reactive ketones (excluding diaryl/α,β-unsaturated/α-hetero) is 1. The van der Waals surface area contributed by atoms with Crippen molar-refractivity contribution in [3.63, 3.8) is 0 Å². The van der Waals surface area contributed by atoms with Gasteiger partial charge in [-0.15, -0.1) is 0 Å². The highest BCUT2D eigenvalue weighted by molar-refractivity contribution is 5.81. The fourth-order valence-electron chi connectivity index (χ4n) is 1.40. The summed E-state index contributed by atoms with van der Waals surface area (Å²) in [4.78, 5) is 11.4. The molecular formula is C10H18O. The fraction of sp³-hybridized carbons (Fsp3) is 0.900. The van der Waals surface area contributed by atoms with E-state index in [9.17, 15) is 4.79 Å². The van der Waals surface area contributed by atoms with Crippen molar-refractivity contribution in [2.75, 3.05) is 0 Å². The van der Waals surface area contributed by atoms with Crippen molar-refractivity contribution >= 4 is 5.78 Å². The highest BCUT2D eigenvalue weighted by Gasteiger charge is 2.26. The minimum atomic E-state index is 0.320. The Bertz CT molecular complexity index is 136. The maximum Gasteiger partial charge on any atom is 0.135 e. The first-order valence-corrected chi connectivity index (χ1v) is 4.76. The van der Waals surface area contributed by atoms with Crippen molar-refractivity contribution in [2.24, 2.45) is 11.8 Å². The lowest BCUT2D eigenvalue weighted by atomic mass is 9.97. The van der Waals surface area contributed by atoms with Crippen LogP contribution >= 0.6 is 0 Å². The van der Waals surface area contributed by atoms with Gasteiger partial charge in [-0.1, -0.05) is 20.3 Å². The Morgan fingerprint density at radius 3 is 2.64 bits per heavy atom. The van der Waals surface area contributed by atoms with Crippen molar-refractivity contribution in [1.82, 2.24) is 0 Å². The molecule has 0 N–H and O–H groups in total. The van der Waals surface area contributed by atoms with Crippen molar-refractivity contribution in [1.29, 1.82) is 0 Å². The Hall–Kier alpha value is -0.330. The average molecular weight is 154 g/mol. The smallest absolute Gasteiger partial charge is 0.135 e. The summed E-state index contributed by atoms with van der Waals surface area (Å²) < 4.78 is 0. The first kappa shape index (κ1) is 8.76. The van der Waals surface area contributed by atoms with Gasteiger partial charge >= 0.3 is 0 Å². The van der Waals surface area contributed by atoms with Gasteiger partial charge < -0.3 is 0 Å². The molecule has 1 fully saturated rings. The van der Waals surface area contributed by atoms with Crippen LogP contribution < -0.4 is 0 Å². The minimum Gasteiger partial charge on any atom is -0.299 e. The second kappa shape index (κ2) is 3.89. The van der Waals surface area contributed by atoms with Gasteiger partial charge in [0, 0.05) is 12.3 Å². The molecule has 1 rings (SSSR count). The van der Waals surface area contributed by atoms with Gasteiger partial charge in [0.25, 0.3) is 0 Å². The van der Waals surface area contributed by atoms with Gasteiger partial charge in [-0.3, -0.25) is 4.79 Å². The molecule has 1 unspecified atom stereocenters. The van der Waals surface area contributed by atoms with Crippen molar-refractivity contribution < 1.29 is 4.79 Å². The van der Waals surface area contributed by atoms with Crippen molar-refractivity contribution in [2.45, 2.75) is 46.0 Å². The quantitative estimate of drug-likeness (QED) is 0.595. The van der Waals surface area contributed by atoms with E-state index in [4.69, 9.17) is 0 Å². The van der Waals surface area contributed by atoms with Crippen molar-refractivity contribution in [3.05, 3.63) is 0 Å². The Kier molecular flexibility index (Phi) is 3.10. The fourth-order valence-corrected chi connectivity index (χ4v) is 1.40. The molecule has 0 aliphatic heterocycles. The molecule has 1 atom stereocenters. The number of ketones is 1. The van der Waals surface area contributed by atoms with E-state index in [1.54, 1.807) is 0 Å². The lowest BCUT2D eigenvalue weighted by Gasteiger charge is -2.07. The molecule has 0 aromatic heterocycles. The molecule has 0 saturated heterocycles. The number of carbonyl (C=O) groups excluding carboxylic acids is 1. The molecule has 1 nitrogen and oxygen atoms in total. The Morgan fingerprint density at radius 1 is 1.55 bits per heavy atom. The summed E-state index contributed by atoms with van der Waals surface area (Å²) >= 11 is 0. The van der Waals surface area contributed by atoms with Crippen LogP contribution in [-0.2, 0) is 4.79 Å². The zero-order valence-electron chi connectivity index (χ0n) is 7.60. The standard InChI is InChI=1S/C10H18O/c1-3-4-8(2)10(11)7-9-5-6-9/h8-9H,3-7H2,1-2H3.